The van der Waals surface area contributed by atoms with Crippen LogP contribution in [0.15, 0.2) is 42.5 Å². The summed E-state index contributed by atoms with van der Waals surface area (Å²) >= 11 is 5.91. The lowest BCUT2D eigenvalue weighted by atomic mass is 10.1. The standard InChI is InChI=1S/C21H21ClF3N3O4/c22-16-4-2-15(3-5-16)13-26-8-1-9-27(11-10-26)20(29)18-12-17(32-14-21(23,24)25)6-7-19(18)28(30)31/h2-7,12H,1,8-11,13-14H2. The van der Waals surface area contributed by atoms with Gasteiger partial charge in [0, 0.05) is 43.8 Å². The highest BCUT2D eigenvalue weighted by atomic mass is 35.5. The molecule has 1 aliphatic rings. The highest BCUT2D eigenvalue weighted by Gasteiger charge is 2.30. The summed E-state index contributed by atoms with van der Waals surface area (Å²) in [5, 5.41) is 12.0. The molecule has 2 aromatic rings. The molecular weight excluding hydrogens is 451 g/mol. The Bertz CT molecular complexity index is 970. The first-order chi connectivity index (χ1) is 15.1. The number of ether oxygens (including phenoxy) is 1. The summed E-state index contributed by atoms with van der Waals surface area (Å²) in [6.07, 6.45) is -3.92. The van der Waals surface area contributed by atoms with Gasteiger partial charge < -0.3 is 9.64 Å². The zero-order chi connectivity index (χ0) is 23.3. The summed E-state index contributed by atoms with van der Waals surface area (Å²) in [6.45, 7) is 1.09. The molecule has 1 saturated heterocycles. The number of carbonyl (C=O) groups excluding carboxylic acids is 1. The molecule has 0 aromatic heterocycles. The van der Waals surface area contributed by atoms with Crippen molar-refractivity contribution in [3.8, 4) is 5.75 Å². The number of halogens is 4. The van der Waals surface area contributed by atoms with Crippen molar-refractivity contribution in [3.63, 3.8) is 0 Å². The number of carbonyl (C=O) groups is 1. The van der Waals surface area contributed by atoms with Crippen LogP contribution in [0.5, 0.6) is 5.75 Å². The fourth-order valence-corrected chi connectivity index (χ4v) is 3.58. The van der Waals surface area contributed by atoms with Gasteiger partial charge in [-0.25, -0.2) is 0 Å². The van der Waals surface area contributed by atoms with E-state index in [1.807, 2.05) is 12.1 Å². The van der Waals surface area contributed by atoms with Crippen molar-refractivity contribution in [2.24, 2.45) is 0 Å². The Morgan fingerprint density at radius 3 is 2.47 bits per heavy atom. The average Bonchev–Trinajstić information content (AvgIpc) is 2.98. The molecule has 172 valence electrons. The maximum Gasteiger partial charge on any atom is 0.422 e. The van der Waals surface area contributed by atoms with E-state index in [0.717, 1.165) is 30.3 Å². The first-order valence-corrected chi connectivity index (χ1v) is 10.2. The molecule has 7 nitrogen and oxygen atoms in total. The number of hydrogen-bond acceptors (Lipinski definition) is 5. The SMILES string of the molecule is O=C(c1cc(OCC(F)(F)F)ccc1[N+](=O)[O-])N1CCCN(Cc2ccc(Cl)cc2)CC1. The molecule has 0 atom stereocenters. The molecule has 0 unspecified atom stereocenters. The van der Waals surface area contributed by atoms with E-state index >= 15 is 0 Å². The van der Waals surface area contributed by atoms with Gasteiger partial charge in [-0.3, -0.25) is 19.8 Å². The number of nitro benzene ring substituents is 1. The fraction of sp³-hybridized carbons (Fsp3) is 0.381. The fourth-order valence-electron chi connectivity index (χ4n) is 3.45. The predicted octanol–water partition coefficient (Wildman–Crippen LogP) is 4.54. The monoisotopic (exact) mass is 471 g/mol. The van der Waals surface area contributed by atoms with Crippen molar-refractivity contribution >= 4 is 23.2 Å². The highest BCUT2D eigenvalue weighted by Crippen LogP contribution is 2.27. The van der Waals surface area contributed by atoms with Crippen LogP contribution >= 0.6 is 11.6 Å². The van der Waals surface area contributed by atoms with Gasteiger partial charge in [0.25, 0.3) is 11.6 Å². The van der Waals surface area contributed by atoms with Gasteiger partial charge in [0.1, 0.15) is 11.3 Å². The quantitative estimate of drug-likeness (QED) is 0.457. The van der Waals surface area contributed by atoms with E-state index in [9.17, 15) is 28.1 Å². The largest absolute Gasteiger partial charge is 0.484 e. The molecule has 0 aliphatic carbocycles. The molecule has 0 bridgehead atoms. The van der Waals surface area contributed by atoms with E-state index in [1.54, 1.807) is 12.1 Å². The van der Waals surface area contributed by atoms with Gasteiger partial charge >= 0.3 is 6.18 Å². The van der Waals surface area contributed by atoms with Crippen LogP contribution in [0.4, 0.5) is 18.9 Å². The summed E-state index contributed by atoms with van der Waals surface area (Å²) in [4.78, 5) is 27.3. The molecule has 0 saturated carbocycles. The molecule has 3 rings (SSSR count). The second-order valence-electron chi connectivity index (χ2n) is 7.39. The predicted molar refractivity (Wildman–Crippen MR) is 112 cm³/mol. The van der Waals surface area contributed by atoms with Crippen molar-refractivity contribution in [2.75, 3.05) is 32.8 Å². The molecule has 0 N–H and O–H groups in total. The van der Waals surface area contributed by atoms with E-state index in [-0.39, 0.29) is 11.3 Å². The Morgan fingerprint density at radius 2 is 1.81 bits per heavy atom. The first-order valence-electron chi connectivity index (χ1n) is 9.86. The Labute approximate surface area is 187 Å². The summed E-state index contributed by atoms with van der Waals surface area (Å²) in [6, 6.07) is 10.5. The number of benzene rings is 2. The van der Waals surface area contributed by atoms with Crippen LogP contribution in [0.2, 0.25) is 5.02 Å². The Balaban J connectivity index is 1.71. The Kier molecular flexibility index (Phi) is 7.57. The van der Waals surface area contributed by atoms with Gasteiger partial charge in [0.15, 0.2) is 6.61 Å². The second-order valence-corrected chi connectivity index (χ2v) is 7.82. The molecule has 0 radical (unpaired) electrons. The summed E-state index contributed by atoms with van der Waals surface area (Å²) in [5.74, 6) is -0.863. The molecule has 2 aromatic carbocycles. The minimum Gasteiger partial charge on any atom is -0.484 e. The van der Waals surface area contributed by atoms with Gasteiger partial charge in [-0.2, -0.15) is 13.2 Å². The maximum atomic E-state index is 13.0. The molecule has 1 fully saturated rings. The highest BCUT2D eigenvalue weighted by molar-refractivity contribution is 6.30. The number of nitrogens with zero attached hydrogens (tertiary/aromatic N) is 3. The topological polar surface area (TPSA) is 75.9 Å². The van der Waals surface area contributed by atoms with Crippen LogP contribution in [0.1, 0.15) is 22.3 Å². The van der Waals surface area contributed by atoms with E-state index in [1.165, 1.54) is 4.90 Å². The molecular formula is C21H21ClF3N3O4. The number of hydrogen-bond donors (Lipinski definition) is 0. The smallest absolute Gasteiger partial charge is 0.422 e. The third-order valence-corrected chi connectivity index (χ3v) is 5.24. The minimum absolute atomic E-state index is 0.254. The van der Waals surface area contributed by atoms with Gasteiger partial charge in [0.2, 0.25) is 0 Å². The Hall–Kier alpha value is -2.85. The molecule has 1 amide bonds. The lowest BCUT2D eigenvalue weighted by Crippen LogP contribution is -2.35. The summed E-state index contributed by atoms with van der Waals surface area (Å²) < 4.78 is 42.0. The van der Waals surface area contributed by atoms with Crippen molar-refractivity contribution in [2.45, 2.75) is 19.1 Å². The van der Waals surface area contributed by atoms with Crippen molar-refractivity contribution in [3.05, 3.63) is 68.7 Å². The number of alkyl halides is 3. The van der Waals surface area contributed by atoms with Crippen molar-refractivity contribution < 1.29 is 27.6 Å². The summed E-state index contributed by atoms with van der Waals surface area (Å²) in [7, 11) is 0. The van der Waals surface area contributed by atoms with Crippen LogP contribution in [0.3, 0.4) is 0 Å². The van der Waals surface area contributed by atoms with E-state index in [2.05, 4.69) is 9.64 Å². The van der Waals surface area contributed by atoms with Gasteiger partial charge in [-0.15, -0.1) is 0 Å². The third-order valence-electron chi connectivity index (χ3n) is 4.99. The first kappa shape index (κ1) is 23.8. The molecule has 11 heteroatoms. The molecule has 32 heavy (non-hydrogen) atoms. The lowest BCUT2D eigenvalue weighted by Gasteiger charge is -2.22. The number of nitro groups is 1. The van der Waals surface area contributed by atoms with E-state index < -0.39 is 29.3 Å². The van der Waals surface area contributed by atoms with Crippen molar-refractivity contribution in [1.82, 2.24) is 9.80 Å². The number of amides is 1. The minimum atomic E-state index is -4.57. The zero-order valence-electron chi connectivity index (χ0n) is 17.0. The van der Waals surface area contributed by atoms with E-state index in [0.29, 0.717) is 37.6 Å². The van der Waals surface area contributed by atoms with Crippen molar-refractivity contribution in [1.29, 1.82) is 0 Å². The molecule has 1 heterocycles. The lowest BCUT2D eigenvalue weighted by molar-refractivity contribution is -0.385. The maximum absolute atomic E-state index is 13.0. The molecule has 0 spiro atoms. The average molecular weight is 472 g/mol. The van der Waals surface area contributed by atoms with Crippen LogP contribution in [0.25, 0.3) is 0 Å². The van der Waals surface area contributed by atoms with Gasteiger partial charge in [0.05, 0.1) is 4.92 Å². The van der Waals surface area contributed by atoms with Crippen LogP contribution in [-0.2, 0) is 6.54 Å². The molecule has 1 aliphatic heterocycles. The van der Waals surface area contributed by atoms with Gasteiger partial charge in [-0.05, 0) is 36.2 Å². The van der Waals surface area contributed by atoms with Crippen LogP contribution < -0.4 is 4.74 Å². The van der Waals surface area contributed by atoms with E-state index in [4.69, 9.17) is 11.6 Å². The normalized spacial score (nSPS) is 15.3. The zero-order valence-corrected chi connectivity index (χ0v) is 17.7. The van der Waals surface area contributed by atoms with Gasteiger partial charge in [-0.1, -0.05) is 23.7 Å². The van der Waals surface area contributed by atoms with Crippen LogP contribution in [0, 0.1) is 10.1 Å². The third kappa shape index (κ3) is 6.57. The number of rotatable bonds is 6. The summed E-state index contributed by atoms with van der Waals surface area (Å²) in [5.41, 5.74) is 0.303. The Morgan fingerprint density at radius 1 is 1.09 bits per heavy atom. The second kappa shape index (κ2) is 10.2. The van der Waals surface area contributed by atoms with Crippen LogP contribution in [-0.4, -0.2) is 59.6 Å².